The van der Waals surface area contributed by atoms with Crippen LogP contribution in [0.4, 0.5) is 13.2 Å². The van der Waals surface area contributed by atoms with Gasteiger partial charge in [0.15, 0.2) is 0 Å². The molecule has 0 bridgehead atoms. The Morgan fingerprint density at radius 2 is 1.77 bits per heavy atom. The van der Waals surface area contributed by atoms with E-state index in [0.29, 0.717) is 52.0 Å². The van der Waals surface area contributed by atoms with E-state index < -0.39 is 24.1 Å². The summed E-state index contributed by atoms with van der Waals surface area (Å²) < 4.78 is 39.4. The zero-order valence-corrected chi connectivity index (χ0v) is 13.0. The number of carbonyl (C=O) groups is 1. The van der Waals surface area contributed by atoms with Crippen molar-refractivity contribution in [1.82, 2.24) is 9.80 Å². The van der Waals surface area contributed by atoms with Gasteiger partial charge in [-0.2, -0.15) is 13.2 Å². The molecule has 1 heterocycles. The van der Waals surface area contributed by atoms with Crippen LogP contribution in [0.3, 0.4) is 0 Å². The maximum atomic E-state index is 13.1. The van der Waals surface area contributed by atoms with Gasteiger partial charge in [-0.05, 0) is 19.8 Å². The molecular weight excluding hydrogens is 297 g/mol. The Morgan fingerprint density at radius 1 is 1.18 bits per heavy atom. The maximum absolute atomic E-state index is 13.1. The Labute approximate surface area is 129 Å². The van der Waals surface area contributed by atoms with Gasteiger partial charge in [0.25, 0.3) is 0 Å². The highest BCUT2D eigenvalue weighted by molar-refractivity contribution is 5.79. The fourth-order valence-corrected chi connectivity index (χ4v) is 3.58. The second-order valence-electron chi connectivity index (χ2n) is 6.51. The fraction of sp³-hybridized carbons (Fsp3) is 0.933. The van der Waals surface area contributed by atoms with E-state index in [1.54, 1.807) is 11.8 Å². The van der Waals surface area contributed by atoms with Gasteiger partial charge in [-0.25, -0.2) is 0 Å². The van der Waals surface area contributed by atoms with Crippen LogP contribution in [0.2, 0.25) is 0 Å². The van der Waals surface area contributed by atoms with Crippen LogP contribution in [0.5, 0.6) is 0 Å². The van der Waals surface area contributed by atoms with E-state index >= 15 is 0 Å². The Hall–Kier alpha value is -0.820. The van der Waals surface area contributed by atoms with Gasteiger partial charge < -0.3 is 10.0 Å². The molecular formula is C15H25F3N2O2. The monoisotopic (exact) mass is 322 g/mol. The average molecular weight is 322 g/mol. The third-order valence-electron chi connectivity index (χ3n) is 4.71. The second-order valence-corrected chi connectivity index (χ2v) is 6.51. The smallest absolute Gasteiger partial charge is 0.392 e. The first-order chi connectivity index (χ1) is 10.3. The molecule has 128 valence electrons. The number of piperazine rings is 1. The molecule has 1 aliphatic carbocycles. The van der Waals surface area contributed by atoms with E-state index in [-0.39, 0.29) is 12.3 Å². The van der Waals surface area contributed by atoms with E-state index in [2.05, 4.69) is 0 Å². The van der Waals surface area contributed by atoms with Crippen molar-refractivity contribution in [3.05, 3.63) is 0 Å². The van der Waals surface area contributed by atoms with Gasteiger partial charge in [0.1, 0.15) is 0 Å². The summed E-state index contributed by atoms with van der Waals surface area (Å²) in [6, 6.07) is 0. The number of halogens is 3. The lowest BCUT2D eigenvalue weighted by molar-refractivity contribution is -0.201. The van der Waals surface area contributed by atoms with Crippen LogP contribution in [-0.4, -0.2) is 65.8 Å². The highest BCUT2D eigenvalue weighted by Gasteiger charge is 2.49. The van der Waals surface area contributed by atoms with Crippen LogP contribution in [0, 0.1) is 11.8 Å². The zero-order valence-electron chi connectivity index (χ0n) is 13.0. The Balaban J connectivity index is 1.93. The van der Waals surface area contributed by atoms with Gasteiger partial charge in [0.2, 0.25) is 5.91 Å². The molecule has 2 rings (SSSR count). The van der Waals surface area contributed by atoms with Crippen LogP contribution in [0.1, 0.15) is 32.6 Å². The van der Waals surface area contributed by atoms with Gasteiger partial charge in [-0.1, -0.05) is 12.8 Å². The lowest BCUT2D eigenvalue weighted by Gasteiger charge is -2.39. The summed E-state index contributed by atoms with van der Waals surface area (Å²) in [7, 11) is 0. The largest absolute Gasteiger partial charge is 0.392 e. The molecule has 2 aliphatic rings. The van der Waals surface area contributed by atoms with Crippen molar-refractivity contribution in [2.45, 2.75) is 44.9 Å². The van der Waals surface area contributed by atoms with Crippen molar-refractivity contribution in [3.8, 4) is 0 Å². The van der Waals surface area contributed by atoms with Gasteiger partial charge in [0.05, 0.1) is 12.0 Å². The SMILES string of the molecule is C[C@H](O)CN1CCN(C(=O)[C@@H]2CCCC[C@@H]2C(F)(F)F)CC1. The highest BCUT2D eigenvalue weighted by Crippen LogP contribution is 2.42. The lowest BCUT2D eigenvalue weighted by Crippen LogP contribution is -2.53. The number of carbonyl (C=O) groups excluding carboxylic acids is 1. The molecule has 0 aromatic rings. The molecule has 1 aliphatic heterocycles. The molecule has 0 unspecified atom stereocenters. The normalized spacial score (nSPS) is 29.4. The predicted octanol–water partition coefficient (Wildman–Crippen LogP) is 1.88. The summed E-state index contributed by atoms with van der Waals surface area (Å²) in [4.78, 5) is 16.1. The van der Waals surface area contributed by atoms with Gasteiger partial charge >= 0.3 is 6.18 Å². The minimum Gasteiger partial charge on any atom is -0.392 e. The molecule has 1 saturated heterocycles. The first-order valence-corrected chi connectivity index (χ1v) is 8.05. The van der Waals surface area contributed by atoms with Crippen molar-refractivity contribution in [3.63, 3.8) is 0 Å². The molecule has 0 spiro atoms. The maximum Gasteiger partial charge on any atom is 0.392 e. The molecule has 4 nitrogen and oxygen atoms in total. The van der Waals surface area contributed by atoms with E-state index in [9.17, 15) is 23.1 Å². The van der Waals surface area contributed by atoms with Crippen LogP contribution in [0.15, 0.2) is 0 Å². The van der Waals surface area contributed by atoms with Gasteiger partial charge in [0, 0.05) is 38.6 Å². The number of amides is 1. The summed E-state index contributed by atoms with van der Waals surface area (Å²) in [6.07, 6.45) is -3.05. The number of hydrogen-bond acceptors (Lipinski definition) is 3. The minimum atomic E-state index is -4.28. The average Bonchev–Trinajstić information content (AvgIpc) is 2.46. The molecule has 7 heteroatoms. The highest BCUT2D eigenvalue weighted by atomic mass is 19.4. The number of alkyl halides is 3. The quantitative estimate of drug-likeness (QED) is 0.863. The third-order valence-corrected chi connectivity index (χ3v) is 4.71. The number of aliphatic hydroxyl groups is 1. The van der Waals surface area contributed by atoms with Crippen LogP contribution < -0.4 is 0 Å². The number of β-amino-alcohol motifs (C(OH)–C–C–N with tert-alkyl or cyclic N) is 1. The molecule has 1 amide bonds. The standard InChI is InChI=1S/C15H25F3N2O2/c1-11(21)10-19-6-8-20(9-7-19)14(22)12-4-2-3-5-13(12)15(16,17)18/h11-13,21H,2-10H2,1H3/t11-,12+,13-/m0/s1. The molecule has 2 fully saturated rings. The van der Waals surface area contributed by atoms with Crippen LogP contribution in [0.25, 0.3) is 0 Å². The predicted molar refractivity (Wildman–Crippen MR) is 76.2 cm³/mol. The van der Waals surface area contributed by atoms with E-state index in [1.165, 1.54) is 0 Å². The number of aliphatic hydroxyl groups excluding tert-OH is 1. The van der Waals surface area contributed by atoms with Crippen molar-refractivity contribution in [1.29, 1.82) is 0 Å². The Bertz CT molecular complexity index is 379. The molecule has 0 aromatic heterocycles. The van der Waals surface area contributed by atoms with Crippen molar-refractivity contribution in [2.24, 2.45) is 11.8 Å². The molecule has 0 radical (unpaired) electrons. The topological polar surface area (TPSA) is 43.8 Å². The molecule has 22 heavy (non-hydrogen) atoms. The molecule has 3 atom stereocenters. The third kappa shape index (κ3) is 4.35. The van der Waals surface area contributed by atoms with Crippen molar-refractivity contribution in [2.75, 3.05) is 32.7 Å². The van der Waals surface area contributed by atoms with E-state index in [4.69, 9.17) is 0 Å². The van der Waals surface area contributed by atoms with E-state index in [0.717, 1.165) is 0 Å². The summed E-state index contributed by atoms with van der Waals surface area (Å²) >= 11 is 0. The number of rotatable bonds is 3. The molecule has 1 saturated carbocycles. The van der Waals surface area contributed by atoms with Crippen molar-refractivity contribution >= 4 is 5.91 Å². The first-order valence-electron chi connectivity index (χ1n) is 8.05. The zero-order chi connectivity index (χ0) is 16.3. The summed E-state index contributed by atoms with van der Waals surface area (Å²) in [5.41, 5.74) is 0. The number of hydrogen-bond donors (Lipinski definition) is 1. The summed E-state index contributed by atoms with van der Waals surface area (Å²) in [5.74, 6) is -2.72. The van der Waals surface area contributed by atoms with Gasteiger partial charge in [-0.15, -0.1) is 0 Å². The summed E-state index contributed by atoms with van der Waals surface area (Å²) in [6.45, 7) is 4.36. The molecule has 0 aromatic carbocycles. The Morgan fingerprint density at radius 3 is 2.32 bits per heavy atom. The van der Waals surface area contributed by atoms with Crippen LogP contribution >= 0.6 is 0 Å². The number of nitrogens with zero attached hydrogens (tertiary/aromatic N) is 2. The Kier molecular flexibility index (Phi) is 5.71. The van der Waals surface area contributed by atoms with Crippen molar-refractivity contribution < 1.29 is 23.1 Å². The lowest BCUT2D eigenvalue weighted by atomic mass is 9.78. The van der Waals surface area contributed by atoms with E-state index in [1.807, 2.05) is 4.90 Å². The van der Waals surface area contributed by atoms with Gasteiger partial charge in [-0.3, -0.25) is 9.69 Å². The second kappa shape index (κ2) is 7.17. The summed E-state index contributed by atoms with van der Waals surface area (Å²) in [5, 5.41) is 9.36. The fourth-order valence-electron chi connectivity index (χ4n) is 3.58. The van der Waals surface area contributed by atoms with Crippen LogP contribution in [-0.2, 0) is 4.79 Å². The minimum absolute atomic E-state index is 0.0713. The first kappa shape index (κ1) is 17.5. The molecule has 1 N–H and O–H groups in total.